The molecule has 0 atom stereocenters. The van der Waals surface area contributed by atoms with Crippen LogP contribution in [0.5, 0.6) is 5.75 Å². The summed E-state index contributed by atoms with van der Waals surface area (Å²) in [6.45, 7) is 4.72. The first-order valence-electron chi connectivity index (χ1n) is 5.11. The molecule has 1 aromatic rings. The second-order valence-electron chi connectivity index (χ2n) is 4.30. The minimum atomic E-state index is -0.210. The summed E-state index contributed by atoms with van der Waals surface area (Å²) >= 11 is 0. The molecule has 2 heteroatoms. The molecule has 0 aromatic heterocycles. The maximum atomic E-state index is 5.86. The monoisotopic (exact) mass is 204 g/mol. The second-order valence-corrected chi connectivity index (χ2v) is 4.30. The van der Waals surface area contributed by atoms with Crippen LogP contribution in [0, 0.1) is 0 Å². The molecule has 1 aliphatic rings. The molecule has 0 aliphatic carbocycles. The minimum Gasteiger partial charge on any atom is -0.483 e. The number of ether oxygens (including phenoxy) is 2. The largest absolute Gasteiger partial charge is 0.483 e. The quantitative estimate of drug-likeness (QED) is 0.737. The first-order chi connectivity index (χ1) is 7.12. The summed E-state index contributed by atoms with van der Waals surface area (Å²) in [5.41, 5.74) is 2.10. The van der Waals surface area contributed by atoms with Gasteiger partial charge in [0.05, 0.1) is 6.61 Å². The minimum absolute atomic E-state index is 0.210. The zero-order valence-corrected chi connectivity index (χ0v) is 9.41. The van der Waals surface area contributed by atoms with Gasteiger partial charge in [0.15, 0.2) is 0 Å². The Hall–Kier alpha value is -1.28. The van der Waals surface area contributed by atoms with Crippen LogP contribution >= 0.6 is 0 Å². The molecule has 0 saturated heterocycles. The first kappa shape index (κ1) is 10.2. The van der Waals surface area contributed by atoms with Crippen molar-refractivity contribution in [1.29, 1.82) is 0 Å². The lowest BCUT2D eigenvalue weighted by Crippen LogP contribution is -2.27. The van der Waals surface area contributed by atoms with Gasteiger partial charge in [-0.05, 0) is 31.6 Å². The lowest BCUT2D eigenvalue weighted by atomic mass is 9.99. The Bertz CT molecular complexity index is 392. The maximum absolute atomic E-state index is 5.86. The van der Waals surface area contributed by atoms with E-state index in [9.17, 15) is 0 Å². The Morgan fingerprint density at radius 3 is 2.87 bits per heavy atom. The lowest BCUT2D eigenvalue weighted by Gasteiger charge is -2.28. The van der Waals surface area contributed by atoms with E-state index in [2.05, 4.69) is 32.1 Å². The molecule has 80 valence electrons. The summed E-state index contributed by atoms with van der Waals surface area (Å²) < 4.78 is 11.0. The summed E-state index contributed by atoms with van der Waals surface area (Å²) in [5, 5.41) is 0. The number of hydrogen-bond acceptors (Lipinski definition) is 2. The predicted octanol–water partition coefficient (Wildman–Crippen LogP) is 3.02. The number of benzene rings is 1. The molecule has 15 heavy (non-hydrogen) atoms. The lowest BCUT2D eigenvalue weighted by molar-refractivity contribution is 0.156. The van der Waals surface area contributed by atoms with E-state index < -0.39 is 0 Å². The Labute approximate surface area is 90.5 Å². The Kier molecular flexibility index (Phi) is 2.53. The molecule has 0 N–H and O–H groups in total. The summed E-state index contributed by atoms with van der Waals surface area (Å²) in [5.74, 6) is 0.942. The molecule has 0 radical (unpaired) electrons. The van der Waals surface area contributed by atoms with Crippen molar-refractivity contribution in [1.82, 2.24) is 0 Å². The van der Waals surface area contributed by atoms with Crippen LogP contribution in [-0.4, -0.2) is 12.7 Å². The molecule has 0 fully saturated rings. The van der Waals surface area contributed by atoms with E-state index in [0.717, 1.165) is 11.3 Å². The summed E-state index contributed by atoms with van der Waals surface area (Å²) in [6, 6.07) is 6.07. The number of rotatable bonds is 2. The smallest absolute Gasteiger partial charge is 0.128 e. The Balaban J connectivity index is 2.41. The molecule has 1 aliphatic heterocycles. The van der Waals surface area contributed by atoms with Crippen molar-refractivity contribution in [3.8, 4) is 5.75 Å². The highest BCUT2D eigenvalue weighted by Crippen LogP contribution is 2.33. The zero-order valence-electron chi connectivity index (χ0n) is 9.41. The van der Waals surface area contributed by atoms with Gasteiger partial charge in [-0.1, -0.05) is 18.2 Å². The maximum Gasteiger partial charge on any atom is 0.128 e. The average molecular weight is 204 g/mol. The Morgan fingerprint density at radius 2 is 2.13 bits per heavy atom. The number of fused-ring (bicyclic) bond motifs is 1. The average Bonchev–Trinajstić information content (AvgIpc) is 2.16. The van der Waals surface area contributed by atoms with Crippen molar-refractivity contribution >= 4 is 6.08 Å². The summed E-state index contributed by atoms with van der Waals surface area (Å²) in [4.78, 5) is 0. The first-order valence-corrected chi connectivity index (χ1v) is 5.11. The van der Waals surface area contributed by atoms with Gasteiger partial charge in [0.25, 0.3) is 0 Å². The highest BCUT2D eigenvalue weighted by Gasteiger charge is 2.22. The normalized spacial score (nSPS) is 17.0. The Morgan fingerprint density at radius 1 is 1.33 bits per heavy atom. The van der Waals surface area contributed by atoms with Crippen LogP contribution in [0.2, 0.25) is 0 Å². The molecule has 0 unspecified atom stereocenters. The van der Waals surface area contributed by atoms with Crippen LogP contribution in [0.3, 0.4) is 0 Å². The van der Waals surface area contributed by atoms with E-state index >= 15 is 0 Å². The molecule has 1 aromatic carbocycles. The van der Waals surface area contributed by atoms with Crippen molar-refractivity contribution < 1.29 is 9.47 Å². The van der Waals surface area contributed by atoms with Gasteiger partial charge in [-0.15, -0.1) is 0 Å². The zero-order chi connectivity index (χ0) is 10.9. The van der Waals surface area contributed by atoms with E-state index in [4.69, 9.17) is 9.47 Å². The summed E-state index contributed by atoms with van der Waals surface area (Å²) in [7, 11) is 1.71. The SMILES string of the molecule is COCc1cccc2c1C=CC(C)(C)O2. The van der Waals surface area contributed by atoms with Gasteiger partial charge in [0, 0.05) is 12.7 Å². The molecule has 0 spiro atoms. The van der Waals surface area contributed by atoms with Crippen molar-refractivity contribution in [2.24, 2.45) is 0 Å². The van der Waals surface area contributed by atoms with Gasteiger partial charge in [0.1, 0.15) is 11.4 Å². The molecule has 0 saturated carbocycles. The molecule has 1 heterocycles. The van der Waals surface area contributed by atoms with Crippen LogP contribution in [0.4, 0.5) is 0 Å². The van der Waals surface area contributed by atoms with Crippen molar-refractivity contribution in [2.75, 3.05) is 7.11 Å². The third kappa shape index (κ3) is 2.05. The van der Waals surface area contributed by atoms with Crippen LogP contribution in [0.1, 0.15) is 25.0 Å². The predicted molar refractivity (Wildman–Crippen MR) is 60.9 cm³/mol. The molecular formula is C13H16O2. The van der Waals surface area contributed by atoms with Crippen molar-refractivity contribution in [2.45, 2.75) is 26.1 Å². The van der Waals surface area contributed by atoms with Crippen LogP contribution < -0.4 is 4.74 Å². The van der Waals surface area contributed by atoms with E-state index in [0.29, 0.717) is 6.61 Å². The van der Waals surface area contributed by atoms with Crippen molar-refractivity contribution in [3.63, 3.8) is 0 Å². The fraction of sp³-hybridized carbons (Fsp3) is 0.385. The topological polar surface area (TPSA) is 18.5 Å². The van der Waals surface area contributed by atoms with E-state index in [-0.39, 0.29) is 5.60 Å². The van der Waals surface area contributed by atoms with Gasteiger partial charge in [-0.2, -0.15) is 0 Å². The van der Waals surface area contributed by atoms with Gasteiger partial charge < -0.3 is 9.47 Å². The molecule has 2 nitrogen and oxygen atoms in total. The summed E-state index contributed by atoms with van der Waals surface area (Å²) in [6.07, 6.45) is 4.20. The third-order valence-electron chi connectivity index (χ3n) is 2.48. The van der Waals surface area contributed by atoms with Crippen LogP contribution in [-0.2, 0) is 11.3 Å². The van der Waals surface area contributed by atoms with Gasteiger partial charge in [0.2, 0.25) is 0 Å². The standard InChI is InChI=1S/C13H16O2/c1-13(2)8-7-11-10(9-14-3)5-4-6-12(11)15-13/h4-8H,9H2,1-3H3. The van der Waals surface area contributed by atoms with Gasteiger partial charge >= 0.3 is 0 Å². The van der Waals surface area contributed by atoms with E-state index in [1.807, 2.05) is 12.1 Å². The number of methoxy groups -OCH3 is 1. The van der Waals surface area contributed by atoms with E-state index in [1.165, 1.54) is 5.56 Å². The van der Waals surface area contributed by atoms with Gasteiger partial charge in [-0.25, -0.2) is 0 Å². The highest BCUT2D eigenvalue weighted by atomic mass is 16.5. The molecule has 2 rings (SSSR count). The van der Waals surface area contributed by atoms with Crippen LogP contribution in [0.15, 0.2) is 24.3 Å². The fourth-order valence-electron chi connectivity index (χ4n) is 1.75. The molecular weight excluding hydrogens is 188 g/mol. The van der Waals surface area contributed by atoms with E-state index in [1.54, 1.807) is 7.11 Å². The second kappa shape index (κ2) is 3.70. The fourth-order valence-corrected chi connectivity index (χ4v) is 1.75. The van der Waals surface area contributed by atoms with Crippen LogP contribution in [0.25, 0.3) is 6.08 Å². The van der Waals surface area contributed by atoms with Crippen molar-refractivity contribution in [3.05, 3.63) is 35.4 Å². The number of hydrogen-bond donors (Lipinski definition) is 0. The third-order valence-corrected chi connectivity index (χ3v) is 2.48. The van der Waals surface area contributed by atoms with Gasteiger partial charge in [-0.3, -0.25) is 0 Å². The molecule has 0 amide bonds. The highest BCUT2D eigenvalue weighted by molar-refractivity contribution is 5.64. The molecule has 0 bridgehead atoms.